The highest BCUT2D eigenvalue weighted by atomic mass is 35.5. The molecule has 0 heterocycles. The maximum Gasteiger partial charge on any atom is 0.120 e. The topological polar surface area (TPSA) is 33.0 Å². The zero-order chi connectivity index (χ0) is 12.5. The van der Waals surface area contributed by atoms with Crippen molar-refractivity contribution in [3.8, 4) is 11.8 Å². The highest BCUT2D eigenvalue weighted by molar-refractivity contribution is 6.31. The summed E-state index contributed by atoms with van der Waals surface area (Å²) in [7, 11) is 0. The number of unbranched alkanes of at least 4 members (excludes halogenated alkanes) is 3. The van der Waals surface area contributed by atoms with Crippen LogP contribution in [0, 0.1) is 11.3 Å². The molecule has 0 aliphatic rings. The van der Waals surface area contributed by atoms with Crippen LogP contribution in [0.15, 0.2) is 30.9 Å². The van der Waals surface area contributed by atoms with Gasteiger partial charge < -0.3 is 4.74 Å². The highest BCUT2D eigenvalue weighted by Crippen LogP contribution is 2.22. The molecule has 17 heavy (non-hydrogen) atoms. The number of ether oxygens (including phenoxy) is 1. The van der Waals surface area contributed by atoms with Crippen molar-refractivity contribution in [3.05, 3.63) is 41.4 Å². The van der Waals surface area contributed by atoms with E-state index in [2.05, 4.69) is 6.58 Å². The molecule has 0 aromatic heterocycles. The molecule has 0 atom stereocenters. The fourth-order valence-electron chi connectivity index (χ4n) is 1.43. The third-order valence-electron chi connectivity index (χ3n) is 2.38. The van der Waals surface area contributed by atoms with Gasteiger partial charge in [-0.05, 0) is 37.8 Å². The van der Waals surface area contributed by atoms with Gasteiger partial charge in [0.2, 0.25) is 0 Å². The molecule has 0 N–H and O–H groups in total. The second kappa shape index (κ2) is 7.76. The van der Waals surface area contributed by atoms with E-state index in [4.69, 9.17) is 21.6 Å². The fourth-order valence-corrected chi connectivity index (χ4v) is 1.65. The highest BCUT2D eigenvalue weighted by Gasteiger charge is 2.01. The number of benzene rings is 1. The lowest BCUT2D eigenvalue weighted by Gasteiger charge is -2.06. The van der Waals surface area contributed by atoms with Gasteiger partial charge >= 0.3 is 0 Å². The van der Waals surface area contributed by atoms with Crippen LogP contribution in [0.5, 0.6) is 5.75 Å². The molecule has 0 unspecified atom stereocenters. The van der Waals surface area contributed by atoms with E-state index in [1.54, 1.807) is 18.2 Å². The zero-order valence-corrected chi connectivity index (χ0v) is 10.5. The first-order valence-corrected chi connectivity index (χ1v) is 6.09. The van der Waals surface area contributed by atoms with E-state index >= 15 is 0 Å². The van der Waals surface area contributed by atoms with Crippen molar-refractivity contribution >= 4 is 11.6 Å². The predicted molar refractivity (Wildman–Crippen MR) is 70.3 cm³/mol. The van der Waals surface area contributed by atoms with Gasteiger partial charge in [0, 0.05) is 6.07 Å². The Hall–Kier alpha value is -1.46. The molecule has 90 valence electrons. The fraction of sp³-hybridized carbons (Fsp3) is 0.357. The van der Waals surface area contributed by atoms with Crippen molar-refractivity contribution in [1.82, 2.24) is 0 Å². The normalized spacial score (nSPS) is 9.65. The first-order valence-electron chi connectivity index (χ1n) is 5.71. The summed E-state index contributed by atoms with van der Waals surface area (Å²) in [5.74, 6) is 0.720. The smallest absolute Gasteiger partial charge is 0.120 e. The lowest BCUT2D eigenvalue weighted by molar-refractivity contribution is 0.305. The zero-order valence-electron chi connectivity index (χ0n) is 9.79. The first kappa shape index (κ1) is 13.6. The minimum Gasteiger partial charge on any atom is -0.494 e. The lowest BCUT2D eigenvalue weighted by Crippen LogP contribution is -1.97. The summed E-state index contributed by atoms with van der Waals surface area (Å²) >= 11 is 5.90. The lowest BCUT2D eigenvalue weighted by atomic mass is 10.2. The number of nitriles is 1. The summed E-state index contributed by atoms with van der Waals surface area (Å²) < 4.78 is 5.55. The summed E-state index contributed by atoms with van der Waals surface area (Å²) in [5, 5.41) is 9.16. The van der Waals surface area contributed by atoms with Gasteiger partial charge in [-0.2, -0.15) is 5.26 Å². The van der Waals surface area contributed by atoms with Gasteiger partial charge in [0.1, 0.15) is 11.8 Å². The Kier molecular flexibility index (Phi) is 6.21. The van der Waals surface area contributed by atoms with Crippen LogP contribution in [0.3, 0.4) is 0 Å². The van der Waals surface area contributed by atoms with Gasteiger partial charge in [-0.15, -0.1) is 6.58 Å². The van der Waals surface area contributed by atoms with Gasteiger partial charge in [0.05, 0.1) is 17.2 Å². The van der Waals surface area contributed by atoms with E-state index in [0.29, 0.717) is 17.2 Å². The van der Waals surface area contributed by atoms with Gasteiger partial charge in [-0.25, -0.2) is 0 Å². The number of hydrogen-bond acceptors (Lipinski definition) is 2. The average molecular weight is 250 g/mol. The molecule has 0 amide bonds. The Morgan fingerprint density at radius 1 is 1.35 bits per heavy atom. The van der Waals surface area contributed by atoms with Crippen LogP contribution in [0.4, 0.5) is 0 Å². The Balaban J connectivity index is 2.30. The average Bonchev–Trinajstić information content (AvgIpc) is 2.34. The van der Waals surface area contributed by atoms with Crippen LogP contribution in [0.25, 0.3) is 0 Å². The number of allylic oxidation sites excluding steroid dienone is 1. The summed E-state index contributed by atoms with van der Waals surface area (Å²) in [6.45, 7) is 4.36. The van der Waals surface area contributed by atoms with Gasteiger partial charge in [-0.1, -0.05) is 17.7 Å². The minimum absolute atomic E-state index is 0.441. The minimum atomic E-state index is 0.441. The van der Waals surface area contributed by atoms with E-state index in [-0.39, 0.29) is 0 Å². The standard InChI is InChI=1S/C14H16ClNO/c1-2-3-4-5-6-9-17-13-8-7-12(11-16)14(15)10-13/h2,7-8,10H,1,3-6,9H2. The number of hydrogen-bond donors (Lipinski definition) is 0. The Morgan fingerprint density at radius 3 is 2.82 bits per heavy atom. The van der Waals surface area contributed by atoms with Crippen molar-refractivity contribution < 1.29 is 4.74 Å². The molecular formula is C14H16ClNO. The molecule has 0 radical (unpaired) electrons. The van der Waals surface area contributed by atoms with Crippen LogP contribution >= 0.6 is 11.6 Å². The monoisotopic (exact) mass is 249 g/mol. The molecule has 0 fully saturated rings. The predicted octanol–water partition coefficient (Wildman–Crippen LogP) is 4.34. The van der Waals surface area contributed by atoms with Crippen LogP contribution in [0.1, 0.15) is 31.2 Å². The third-order valence-corrected chi connectivity index (χ3v) is 2.70. The maximum atomic E-state index is 8.72. The van der Waals surface area contributed by atoms with E-state index in [9.17, 15) is 0 Å². The third kappa shape index (κ3) is 4.93. The number of nitrogens with zero attached hydrogens (tertiary/aromatic N) is 1. The second-order valence-corrected chi connectivity index (χ2v) is 4.15. The number of halogens is 1. The molecular weight excluding hydrogens is 234 g/mol. The first-order chi connectivity index (χ1) is 8.27. The molecule has 0 saturated heterocycles. The summed E-state index contributed by atoms with van der Waals surface area (Å²) in [4.78, 5) is 0. The van der Waals surface area contributed by atoms with Crippen molar-refractivity contribution in [1.29, 1.82) is 5.26 Å². The second-order valence-electron chi connectivity index (χ2n) is 3.74. The van der Waals surface area contributed by atoms with Gasteiger partial charge in [0.15, 0.2) is 0 Å². The van der Waals surface area contributed by atoms with Crippen molar-refractivity contribution in [2.45, 2.75) is 25.7 Å². The van der Waals surface area contributed by atoms with Crippen molar-refractivity contribution in [3.63, 3.8) is 0 Å². The maximum absolute atomic E-state index is 8.72. The Morgan fingerprint density at radius 2 is 2.18 bits per heavy atom. The van der Waals surface area contributed by atoms with Crippen LogP contribution < -0.4 is 4.74 Å². The van der Waals surface area contributed by atoms with Gasteiger partial charge in [0.25, 0.3) is 0 Å². The molecule has 1 rings (SSSR count). The van der Waals surface area contributed by atoms with E-state index in [1.165, 1.54) is 0 Å². The van der Waals surface area contributed by atoms with Crippen LogP contribution in [-0.2, 0) is 0 Å². The molecule has 0 aliphatic carbocycles. The Labute approximate surface area is 107 Å². The molecule has 0 bridgehead atoms. The summed E-state index contributed by atoms with van der Waals surface area (Å²) in [5.41, 5.74) is 0.477. The molecule has 3 heteroatoms. The van der Waals surface area contributed by atoms with Gasteiger partial charge in [-0.3, -0.25) is 0 Å². The Bertz CT molecular complexity index is 409. The molecule has 0 aliphatic heterocycles. The molecule has 1 aromatic rings. The molecule has 0 spiro atoms. The van der Waals surface area contributed by atoms with E-state index in [1.807, 2.05) is 12.1 Å². The summed E-state index contributed by atoms with van der Waals surface area (Å²) in [6, 6.07) is 7.15. The van der Waals surface area contributed by atoms with Crippen LogP contribution in [-0.4, -0.2) is 6.61 Å². The quantitative estimate of drug-likeness (QED) is 0.532. The SMILES string of the molecule is C=CCCCCCOc1ccc(C#N)c(Cl)c1. The molecule has 1 aromatic carbocycles. The number of rotatable bonds is 7. The molecule has 0 saturated carbocycles. The molecule has 2 nitrogen and oxygen atoms in total. The van der Waals surface area contributed by atoms with Crippen LogP contribution in [0.2, 0.25) is 5.02 Å². The van der Waals surface area contributed by atoms with E-state index in [0.717, 1.165) is 31.4 Å². The largest absolute Gasteiger partial charge is 0.494 e. The van der Waals surface area contributed by atoms with Crippen molar-refractivity contribution in [2.24, 2.45) is 0 Å². The van der Waals surface area contributed by atoms with Crippen molar-refractivity contribution in [2.75, 3.05) is 6.61 Å². The van der Waals surface area contributed by atoms with E-state index < -0.39 is 0 Å². The summed E-state index contributed by atoms with van der Waals surface area (Å²) in [6.07, 6.45) is 6.30.